The zero-order chi connectivity index (χ0) is 18.6. The molecule has 27 heavy (non-hydrogen) atoms. The number of ether oxygens (including phenoxy) is 1. The Bertz CT molecular complexity index is 1080. The molecule has 2 N–H and O–H groups in total. The summed E-state index contributed by atoms with van der Waals surface area (Å²) in [6.07, 6.45) is 5.50. The molecule has 0 saturated heterocycles. The molecular formula is C20H17N3O3S. The average Bonchev–Trinajstić information content (AvgIpc) is 3.45. The monoisotopic (exact) mass is 379 g/mol. The maximum absolute atomic E-state index is 12.7. The van der Waals surface area contributed by atoms with Crippen LogP contribution >= 0.6 is 11.3 Å². The van der Waals surface area contributed by atoms with E-state index in [2.05, 4.69) is 20.9 Å². The lowest BCUT2D eigenvalue weighted by Crippen LogP contribution is -2.23. The third kappa shape index (κ3) is 3.50. The number of nitrogens with zero attached hydrogens (tertiary/aromatic N) is 1. The van der Waals surface area contributed by atoms with Crippen LogP contribution in [0.15, 0.2) is 51.8 Å². The molecule has 1 amide bonds. The van der Waals surface area contributed by atoms with Gasteiger partial charge in [-0.25, -0.2) is 0 Å². The molecule has 0 saturated carbocycles. The minimum Gasteiger partial charge on any atom is -0.495 e. The van der Waals surface area contributed by atoms with E-state index in [4.69, 9.17) is 9.15 Å². The van der Waals surface area contributed by atoms with Crippen LogP contribution in [0.1, 0.15) is 27.4 Å². The molecule has 136 valence electrons. The van der Waals surface area contributed by atoms with Crippen LogP contribution in [0.2, 0.25) is 0 Å². The van der Waals surface area contributed by atoms with Crippen LogP contribution in [0.4, 0.5) is 0 Å². The van der Waals surface area contributed by atoms with Crippen LogP contribution in [0.3, 0.4) is 0 Å². The molecule has 0 fully saturated rings. The van der Waals surface area contributed by atoms with E-state index in [-0.39, 0.29) is 5.91 Å². The van der Waals surface area contributed by atoms with Gasteiger partial charge in [0.15, 0.2) is 0 Å². The van der Waals surface area contributed by atoms with Gasteiger partial charge in [0.1, 0.15) is 11.5 Å². The predicted octanol–water partition coefficient (Wildman–Crippen LogP) is 4.33. The number of carbonyl (C=O) groups is 1. The van der Waals surface area contributed by atoms with Gasteiger partial charge in [0.25, 0.3) is 5.91 Å². The molecule has 0 aliphatic heterocycles. The van der Waals surface area contributed by atoms with Crippen LogP contribution < -0.4 is 10.1 Å². The van der Waals surface area contributed by atoms with Gasteiger partial charge in [-0.2, -0.15) is 16.4 Å². The third-order valence-electron chi connectivity index (χ3n) is 4.14. The molecular weight excluding hydrogens is 362 g/mol. The smallest absolute Gasteiger partial charge is 0.255 e. The average molecular weight is 379 g/mol. The van der Waals surface area contributed by atoms with Crippen LogP contribution in [0.5, 0.6) is 5.75 Å². The fourth-order valence-electron chi connectivity index (χ4n) is 2.84. The summed E-state index contributed by atoms with van der Waals surface area (Å²) in [7, 11) is 1.55. The first-order valence-electron chi connectivity index (χ1n) is 8.32. The van der Waals surface area contributed by atoms with Gasteiger partial charge in [0.2, 0.25) is 0 Å². The Morgan fingerprint density at radius 1 is 1.33 bits per heavy atom. The van der Waals surface area contributed by atoms with Crippen molar-refractivity contribution in [2.45, 2.75) is 6.54 Å². The molecule has 0 bridgehead atoms. The Balaban J connectivity index is 1.67. The Morgan fingerprint density at radius 2 is 2.26 bits per heavy atom. The third-order valence-corrected chi connectivity index (χ3v) is 4.84. The van der Waals surface area contributed by atoms with E-state index in [0.717, 1.165) is 22.2 Å². The molecule has 0 radical (unpaired) electrons. The van der Waals surface area contributed by atoms with Gasteiger partial charge in [-0.1, -0.05) is 6.08 Å². The first kappa shape index (κ1) is 17.1. The Labute approximate surface area is 159 Å². The molecule has 4 aromatic rings. The SMILES string of the molecule is COc1c(C(=O)NCc2ccco2)ccc2n[nH]c(/C=C/c3ccsc3)c12. The van der Waals surface area contributed by atoms with Gasteiger partial charge in [0.05, 0.1) is 42.1 Å². The molecule has 7 heteroatoms. The number of nitrogens with one attached hydrogen (secondary N) is 2. The molecule has 0 aliphatic rings. The molecule has 3 aromatic heterocycles. The summed E-state index contributed by atoms with van der Waals surface area (Å²) in [6, 6.07) is 9.14. The first-order chi connectivity index (χ1) is 13.3. The number of methoxy groups -OCH3 is 1. The maximum atomic E-state index is 12.7. The van der Waals surface area contributed by atoms with Crippen molar-refractivity contribution in [1.29, 1.82) is 0 Å². The second kappa shape index (κ2) is 7.51. The van der Waals surface area contributed by atoms with E-state index in [9.17, 15) is 4.79 Å². The van der Waals surface area contributed by atoms with Crippen molar-refractivity contribution in [3.8, 4) is 5.75 Å². The van der Waals surface area contributed by atoms with Crippen molar-refractivity contribution in [2.24, 2.45) is 0 Å². The van der Waals surface area contributed by atoms with Gasteiger partial charge < -0.3 is 14.5 Å². The zero-order valence-electron chi connectivity index (χ0n) is 14.6. The summed E-state index contributed by atoms with van der Waals surface area (Å²) >= 11 is 1.64. The van der Waals surface area contributed by atoms with Crippen LogP contribution in [-0.2, 0) is 6.54 Å². The highest BCUT2D eigenvalue weighted by Gasteiger charge is 2.19. The summed E-state index contributed by atoms with van der Waals surface area (Å²) in [5.41, 5.74) is 3.07. The van der Waals surface area contributed by atoms with E-state index < -0.39 is 0 Å². The van der Waals surface area contributed by atoms with Crippen molar-refractivity contribution >= 4 is 40.3 Å². The summed E-state index contributed by atoms with van der Waals surface area (Å²) < 4.78 is 10.8. The Kier molecular flexibility index (Phi) is 4.76. The van der Waals surface area contributed by atoms with E-state index in [1.54, 1.807) is 42.9 Å². The van der Waals surface area contributed by atoms with Gasteiger partial charge >= 0.3 is 0 Å². The standard InChI is InChI=1S/C20H17N3O3S/c1-25-19-15(20(24)21-11-14-3-2-9-26-14)5-7-17-18(19)16(22-23-17)6-4-13-8-10-27-12-13/h2-10,12H,11H2,1H3,(H,21,24)(H,22,23)/b6-4+. The van der Waals surface area contributed by atoms with Crippen LogP contribution in [0, 0.1) is 0 Å². The number of H-pyrrole nitrogens is 1. The van der Waals surface area contributed by atoms with Crippen molar-refractivity contribution in [1.82, 2.24) is 15.5 Å². The summed E-state index contributed by atoms with van der Waals surface area (Å²) in [5.74, 6) is 0.938. The number of aromatic nitrogens is 2. The second-order valence-corrected chi connectivity index (χ2v) is 6.61. The second-order valence-electron chi connectivity index (χ2n) is 5.83. The van der Waals surface area contributed by atoms with Gasteiger partial charge in [-0.3, -0.25) is 9.89 Å². The molecule has 0 spiro atoms. The Morgan fingerprint density at radius 3 is 3.00 bits per heavy atom. The number of amides is 1. The van der Waals surface area contributed by atoms with Crippen molar-refractivity contribution < 1.29 is 13.9 Å². The quantitative estimate of drug-likeness (QED) is 0.523. The number of fused-ring (bicyclic) bond motifs is 1. The maximum Gasteiger partial charge on any atom is 0.255 e. The normalized spacial score (nSPS) is 11.3. The highest BCUT2D eigenvalue weighted by Crippen LogP contribution is 2.32. The van der Waals surface area contributed by atoms with Crippen molar-refractivity contribution in [2.75, 3.05) is 7.11 Å². The number of thiophene rings is 1. The minimum absolute atomic E-state index is 0.237. The largest absolute Gasteiger partial charge is 0.495 e. The predicted molar refractivity (Wildman–Crippen MR) is 106 cm³/mol. The first-order valence-corrected chi connectivity index (χ1v) is 9.26. The highest BCUT2D eigenvalue weighted by molar-refractivity contribution is 7.08. The molecule has 0 aliphatic carbocycles. The summed E-state index contributed by atoms with van der Waals surface area (Å²) in [6.45, 7) is 0.309. The fourth-order valence-corrected chi connectivity index (χ4v) is 3.47. The molecule has 4 rings (SSSR count). The van der Waals surface area contributed by atoms with Gasteiger partial charge in [0, 0.05) is 0 Å². The number of rotatable bonds is 6. The minimum atomic E-state index is -0.237. The lowest BCUT2D eigenvalue weighted by molar-refractivity contribution is 0.0945. The molecule has 1 aromatic carbocycles. The lowest BCUT2D eigenvalue weighted by atomic mass is 10.1. The van der Waals surface area contributed by atoms with Crippen molar-refractivity contribution in [3.05, 3.63) is 69.9 Å². The number of hydrogen-bond donors (Lipinski definition) is 2. The van der Waals surface area contributed by atoms with Gasteiger partial charge in [-0.15, -0.1) is 0 Å². The highest BCUT2D eigenvalue weighted by atomic mass is 32.1. The van der Waals surface area contributed by atoms with Gasteiger partial charge in [-0.05, 0) is 52.7 Å². The lowest BCUT2D eigenvalue weighted by Gasteiger charge is -2.10. The number of aromatic amines is 1. The number of carbonyl (C=O) groups excluding carboxylic acids is 1. The molecule has 3 heterocycles. The van der Waals surface area contributed by atoms with Crippen LogP contribution in [-0.4, -0.2) is 23.2 Å². The Hall–Kier alpha value is -3.32. The number of hydrogen-bond acceptors (Lipinski definition) is 5. The van der Waals surface area contributed by atoms with E-state index in [1.165, 1.54) is 0 Å². The molecule has 0 unspecified atom stereocenters. The number of benzene rings is 1. The summed E-state index contributed by atoms with van der Waals surface area (Å²) in [5, 5.41) is 15.0. The van der Waals surface area contributed by atoms with Crippen molar-refractivity contribution in [3.63, 3.8) is 0 Å². The number of furan rings is 1. The van der Waals surface area contributed by atoms with E-state index >= 15 is 0 Å². The van der Waals surface area contributed by atoms with Crippen LogP contribution in [0.25, 0.3) is 23.1 Å². The summed E-state index contributed by atoms with van der Waals surface area (Å²) in [4.78, 5) is 12.7. The van der Waals surface area contributed by atoms with E-state index in [1.807, 2.05) is 29.7 Å². The fraction of sp³-hybridized carbons (Fsp3) is 0.100. The van der Waals surface area contributed by atoms with E-state index in [0.29, 0.717) is 23.6 Å². The topological polar surface area (TPSA) is 80.2 Å². The molecule has 6 nitrogen and oxygen atoms in total. The molecule has 0 atom stereocenters. The zero-order valence-corrected chi connectivity index (χ0v) is 15.4.